The van der Waals surface area contributed by atoms with E-state index in [-0.39, 0.29) is 10.8 Å². The maximum atomic E-state index is 13.9. The first kappa shape index (κ1) is 16.5. The zero-order valence-corrected chi connectivity index (χ0v) is 12.9. The quantitative estimate of drug-likeness (QED) is 0.684. The van der Waals surface area contributed by atoms with Crippen molar-refractivity contribution in [2.75, 3.05) is 13.1 Å². The van der Waals surface area contributed by atoms with Crippen molar-refractivity contribution in [1.82, 2.24) is 5.32 Å². The summed E-state index contributed by atoms with van der Waals surface area (Å²) < 4.78 is 13.9. The smallest absolute Gasteiger partial charge is 0.144 e. The molecule has 1 unspecified atom stereocenters. The molecule has 19 heavy (non-hydrogen) atoms. The Morgan fingerprint density at radius 3 is 2.68 bits per heavy atom. The summed E-state index contributed by atoms with van der Waals surface area (Å²) >= 11 is 5.84. The van der Waals surface area contributed by atoms with Crippen molar-refractivity contribution >= 4 is 11.6 Å². The summed E-state index contributed by atoms with van der Waals surface area (Å²) in [6, 6.07) is 5.27. The molecule has 0 aliphatic heterocycles. The molecule has 1 N–H and O–H groups in total. The summed E-state index contributed by atoms with van der Waals surface area (Å²) in [5.74, 6) is 0.823. The lowest BCUT2D eigenvalue weighted by atomic mass is 9.90. The van der Waals surface area contributed by atoms with Crippen LogP contribution >= 0.6 is 11.6 Å². The predicted molar refractivity (Wildman–Crippen MR) is 81.2 cm³/mol. The van der Waals surface area contributed by atoms with Crippen molar-refractivity contribution in [2.45, 2.75) is 40.0 Å². The van der Waals surface area contributed by atoms with Crippen LogP contribution in [0, 0.1) is 17.7 Å². The van der Waals surface area contributed by atoms with Gasteiger partial charge < -0.3 is 5.32 Å². The van der Waals surface area contributed by atoms with Gasteiger partial charge in [-0.05, 0) is 55.8 Å². The Labute approximate surface area is 121 Å². The Balaban J connectivity index is 2.67. The van der Waals surface area contributed by atoms with Gasteiger partial charge in [0.25, 0.3) is 0 Å². The third kappa shape index (κ3) is 5.92. The van der Waals surface area contributed by atoms with Gasteiger partial charge in [0.05, 0.1) is 5.02 Å². The molecule has 0 aromatic heterocycles. The molecule has 0 saturated carbocycles. The fraction of sp³-hybridized carbons (Fsp3) is 0.625. The first-order chi connectivity index (χ1) is 9.04. The van der Waals surface area contributed by atoms with E-state index in [0.717, 1.165) is 37.9 Å². The largest absolute Gasteiger partial charge is 0.316 e. The molecule has 1 aromatic carbocycles. The molecule has 1 nitrogen and oxygen atoms in total. The van der Waals surface area contributed by atoms with Gasteiger partial charge in [0.2, 0.25) is 0 Å². The van der Waals surface area contributed by atoms with Gasteiger partial charge in [-0.15, -0.1) is 0 Å². The highest BCUT2D eigenvalue weighted by Gasteiger charge is 2.15. The molecule has 0 radical (unpaired) electrons. The van der Waals surface area contributed by atoms with E-state index in [1.165, 1.54) is 0 Å². The normalized spacial score (nSPS) is 12.9. The van der Waals surface area contributed by atoms with Gasteiger partial charge in [0.1, 0.15) is 5.82 Å². The summed E-state index contributed by atoms with van der Waals surface area (Å²) in [6.45, 7) is 8.54. The fourth-order valence-corrected chi connectivity index (χ4v) is 2.60. The SMILES string of the molecule is CCCNCC(Cc1cccc(Cl)c1F)CC(C)C. The number of benzene rings is 1. The van der Waals surface area contributed by atoms with Crippen LogP contribution in [-0.2, 0) is 6.42 Å². The molecular formula is C16H25ClFN. The van der Waals surface area contributed by atoms with Crippen LogP contribution in [0.2, 0.25) is 5.02 Å². The average Bonchev–Trinajstić information content (AvgIpc) is 2.34. The van der Waals surface area contributed by atoms with Crippen LogP contribution in [0.5, 0.6) is 0 Å². The molecule has 0 bridgehead atoms. The number of rotatable bonds is 8. The summed E-state index contributed by atoms with van der Waals surface area (Å²) in [5, 5.41) is 3.66. The van der Waals surface area contributed by atoms with Crippen LogP contribution in [0.3, 0.4) is 0 Å². The molecule has 1 aromatic rings. The molecule has 0 fully saturated rings. The zero-order valence-electron chi connectivity index (χ0n) is 12.2. The van der Waals surface area contributed by atoms with E-state index in [9.17, 15) is 4.39 Å². The van der Waals surface area contributed by atoms with E-state index < -0.39 is 0 Å². The highest BCUT2D eigenvalue weighted by Crippen LogP contribution is 2.23. The molecule has 0 saturated heterocycles. The Morgan fingerprint density at radius 2 is 2.05 bits per heavy atom. The second-order valence-electron chi connectivity index (χ2n) is 5.62. The highest BCUT2D eigenvalue weighted by atomic mass is 35.5. The van der Waals surface area contributed by atoms with E-state index in [4.69, 9.17) is 11.6 Å². The molecule has 0 heterocycles. The lowest BCUT2D eigenvalue weighted by Crippen LogP contribution is -2.26. The number of hydrogen-bond acceptors (Lipinski definition) is 1. The van der Waals surface area contributed by atoms with Crippen LogP contribution in [0.15, 0.2) is 18.2 Å². The minimum absolute atomic E-state index is 0.224. The van der Waals surface area contributed by atoms with Crippen molar-refractivity contribution in [1.29, 1.82) is 0 Å². The van der Waals surface area contributed by atoms with Gasteiger partial charge in [-0.25, -0.2) is 4.39 Å². The molecule has 1 atom stereocenters. The molecular weight excluding hydrogens is 261 g/mol. The molecule has 108 valence electrons. The second-order valence-corrected chi connectivity index (χ2v) is 6.02. The second kappa shape index (κ2) is 8.55. The minimum Gasteiger partial charge on any atom is -0.316 e. The van der Waals surface area contributed by atoms with Crippen LogP contribution in [-0.4, -0.2) is 13.1 Å². The monoisotopic (exact) mass is 285 g/mol. The molecule has 1 rings (SSSR count). The van der Waals surface area contributed by atoms with Gasteiger partial charge in [0, 0.05) is 0 Å². The zero-order chi connectivity index (χ0) is 14.3. The van der Waals surface area contributed by atoms with Gasteiger partial charge in [0.15, 0.2) is 0 Å². The lowest BCUT2D eigenvalue weighted by Gasteiger charge is -2.20. The predicted octanol–water partition coefficient (Wildman–Crippen LogP) is 4.68. The number of nitrogens with one attached hydrogen (secondary N) is 1. The summed E-state index contributed by atoms with van der Waals surface area (Å²) in [7, 11) is 0. The highest BCUT2D eigenvalue weighted by molar-refractivity contribution is 6.30. The Kier molecular flexibility index (Phi) is 7.40. The molecule has 0 aliphatic rings. The first-order valence-corrected chi connectivity index (χ1v) is 7.56. The van der Waals surface area contributed by atoms with Crippen LogP contribution in [0.1, 0.15) is 39.2 Å². The molecule has 3 heteroatoms. The van der Waals surface area contributed by atoms with Gasteiger partial charge in [-0.3, -0.25) is 0 Å². The van der Waals surface area contributed by atoms with Crippen LogP contribution in [0.25, 0.3) is 0 Å². The Hall–Kier alpha value is -0.600. The standard InChI is InChI=1S/C16H25ClFN/c1-4-8-19-11-13(9-12(2)3)10-14-6-5-7-15(17)16(14)18/h5-7,12-13,19H,4,8-11H2,1-3H3. The first-order valence-electron chi connectivity index (χ1n) is 7.18. The van der Waals surface area contributed by atoms with Crippen LogP contribution in [0.4, 0.5) is 4.39 Å². The van der Waals surface area contributed by atoms with E-state index >= 15 is 0 Å². The molecule has 0 spiro atoms. The van der Waals surface area contributed by atoms with Gasteiger partial charge >= 0.3 is 0 Å². The average molecular weight is 286 g/mol. The van der Waals surface area contributed by atoms with E-state index in [0.29, 0.717) is 11.8 Å². The van der Waals surface area contributed by atoms with E-state index in [1.54, 1.807) is 6.07 Å². The maximum absolute atomic E-state index is 13.9. The summed E-state index contributed by atoms with van der Waals surface area (Å²) in [6.07, 6.45) is 2.98. The van der Waals surface area contributed by atoms with Gasteiger partial charge in [-0.2, -0.15) is 0 Å². The Morgan fingerprint density at radius 1 is 1.32 bits per heavy atom. The maximum Gasteiger partial charge on any atom is 0.144 e. The van der Waals surface area contributed by atoms with Crippen LogP contribution < -0.4 is 5.32 Å². The van der Waals surface area contributed by atoms with Crippen molar-refractivity contribution in [3.63, 3.8) is 0 Å². The Bertz CT molecular complexity index is 379. The molecule has 0 aliphatic carbocycles. The van der Waals surface area contributed by atoms with Crippen molar-refractivity contribution in [2.24, 2.45) is 11.8 Å². The van der Waals surface area contributed by atoms with Gasteiger partial charge in [-0.1, -0.05) is 44.5 Å². The van der Waals surface area contributed by atoms with Crippen molar-refractivity contribution in [3.05, 3.63) is 34.6 Å². The van der Waals surface area contributed by atoms with Crippen molar-refractivity contribution < 1.29 is 4.39 Å². The fourth-order valence-electron chi connectivity index (χ4n) is 2.41. The lowest BCUT2D eigenvalue weighted by molar-refractivity contribution is 0.381. The summed E-state index contributed by atoms with van der Waals surface area (Å²) in [4.78, 5) is 0. The molecule has 0 amide bonds. The summed E-state index contributed by atoms with van der Waals surface area (Å²) in [5.41, 5.74) is 0.733. The van der Waals surface area contributed by atoms with Crippen molar-refractivity contribution in [3.8, 4) is 0 Å². The topological polar surface area (TPSA) is 12.0 Å². The van der Waals surface area contributed by atoms with E-state index in [2.05, 4.69) is 26.1 Å². The third-order valence-electron chi connectivity index (χ3n) is 3.20. The minimum atomic E-state index is -0.256. The number of halogens is 2. The van der Waals surface area contributed by atoms with E-state index in [1.807, 2.05) is 12.1 Å². The third-order valence-corrected chi connectivity index (χ3v) is 3.50. The number of hydrogen-bond donors (Lipinski definition) is 1.